The largest absolute Gasteiger partial charge is 0.496 e. The predicted octanol–water partition coefficient (Wildman–Crippen LogP) is 3.36. The lowest BCUT2D eigenvalue weighted by Crippen LogP contribution is -2.46. The minimum absolute atomic E-state index is 0.0175. The van der Waals surface area contributed by atoms with Gasteiger partial charge in [-0.1, -0.05) is 12.1 Å². The number of aliphatic hydroxyl groups is 1. The zero-order valence-corrected chi connectivity index (χ0v) is 17.1. The van der Waals surface area contributed by atoms with Crippen LogP contribution in [0.2, 0.25) is 0 Å². The van der Waals surface area contributed by atoms with Gasteiger partial charge in [0.2, 0.25) is 0 Å². The normalized spacial score (nSPS) is 18.8. The Balaban J connectivity index is 1.36. The standard InChI is InChI=1S/C22H26N2O3S/c1-26-19-9-10-20(27-2)15-13-18(25)17(12-14(15)19)23-11-5-8-22-24-16-6-3-4-7-21(16)28-22/h3-4,6-7,9-10,17-18,23,25H,5,8,11-13H2,1-2H3. The molecule has 6 heteroatoms. The van der Waals surface area contributed by atoms with E-state index in [0.717, 1.165) is 53.9 Å². The van der Waals surface area contributed by atoms with Crippen molar-refractivity contribution in [2.45, 2.75) is 37.8 Å². The van der Waals surface area contributed by atoms with Crippen LogP contribution in [0.1, 0.15) is 22.6 Å². The molecule has 1 heterocycles. The van der Waals surface area contributed by atoms with E-state index in [0.29, 0.717) is 6.42 Å². The topological polar surface area (TPSA) is 63.6 Å². The van der Waals surface area contributed by atoms with E-state index in [1.165, 1.54) is 9.71 Å². The third-order valence-corrected chi connectivity index (χ3v) is 6.50. The number of aliphatic hydroxyl groups excluding tert-OH is 1. The fraction of sp³-hybridized carbons (Fsp3) is 0.409. The number of para-hydroxylation sites is 1. The highest BCUT2D eigenvalue weighted by atomic mass is 32.1. The second-order valence-corrected chi connectivity index (χ2v) is 8.26. The maximum absolute atomic E-state index is 10.6. The molecular formula is C22H26N2O3S. The summed E-state index contributed by atoms with van der Waals surface area (Å²) in [6, 6.07) is 12.1. The molecule has 1 aliphatic carbocycles. The Labute approximate surface area is 169 Å². The lowest BCUT2D eigenvalue weighted by molar-refractivity contribution is 0.117. The first-order valence-corrected chi connectivity index (χ1v) is 10.5. The minimum atomic E-state index is -0.434. The summed E-state index contributed by atoms with van der Waals surface area (Å²) in [6.07, 6.45) is 2.81. The van der Waals surface area contributed by atoms with Crippen LogP contribution in [0.3, 0.4) is 0 Å². The third-order valence-electron chi connectivity index (χ3n) is 5.40. The van der Waals surface area contributed by atoms with Crippen molar-refractivity contribution in [2.75, 3.05) is 20.8 Å². The van der Waals surface area contributed by atoms with Gasteiger partial charge in [0.05, 0.1) is 35.5 Å². The van der Waals surface area contributed by atoms with E-state index < -0.39 is 6.10 Å². The van der Waals surface area contributed by atoms with Gasteiger partial charge in [-0.3, -0.25) is 0 Å². The fourth-order valence-corrected chi connectivity index (χ4v) is 4.96. The van der Waals surface area contributed by atoms with Crippen molar-refractivity contribution in [2.24, 2.45) is 0 Å². The van der Waals surface area contributed by atoms with Gasteiger partial charge < -0.3 is 19.9 Å². The summed E-state index contributed by atoms with van der Waals surface area (Å²) < 4.78 is 12.3. The van der Waals surface area contributed by atoms with Crippen LogP contribution in [-0.4, -0.2) is 43.0 Å². The monoisotopic (exact) mass is 398 g/mol. The number of aromatic nitrogens is 1. The maximum atomic E-state index is 10.6. The SMILES string of the molecule is COc1ccc(OC)c2c1CC(O)C(NCCCc1nc3ccccc3s1)C2. The smallest absolute Gasteiger partial charge is 0.122 e. The molecule has 1 aromatic heterocycles. The Hall–Kier alpha value is -2.15. The Morgan fingerprint density at radius 3 is 2.50 bits per heavy atom. The average Bonchev–Trinajstić information content (AvgIpc) is 3.13. The third kappa shape index (κ3) is 3.85. The van der Waals surface area contributed by atoms with Gasteiger partial charge in [0.1, 0.15) is 11.5 Å². The number of nitrogens with one attached hydrogen (secondary N) is 1. The molecule has 5 nitrogen and oxygen atoms in total. The van der Waals surface area contributed by atoms with Crippen LogP contribution < -0.4 is 14.8 Å². The number of ether oxygens (including phenoxy) is 2. The van der Waals surface area contributed by atoms with Gasteiger partial charge in [0, 0.05) is 30.0 Å². The highest BCUT2D eigenvalue weighted by Gasteiger charge is 2.30. The van der Waals surface area contributed by atoms with Gasteiger partial charge in [-0.15, -0.1) is 11.3 Å². The van der Waals surface area contributed by atoms with E-state index in [-0.39, 0.29) is 6.04 Å². The van der Waals surface area contributed by atoms with Crippen LogP contribution in [0.4, 0.5) is 0 Å². The molecule has 0 spiro atoms. The number of thiazole rings is 1. The molecule has 2 aromatic carbocycles. The Morgan fingerprint density at radius 1 is 1.07 bits per heavy atom. The minimum Gasteiger partial charge on any atom is -0.496 e. The molecule has 0 bridgehead atoms. The molecular weight excluding hydrogens is 372 g/mol. The molecule has 148 valence electrons. The summed E-state index contributed by atoms with van der Waals surface area (Å²) in [4.78, 5) is 4.69. The molecule has 0 fully saturated rings. The average molecular weight is 399 g/mol. The lowest BCUT2D eigenvalue weighted by Gasteiger charge is -2.32. The van der Waals surface area contributed by atoms with Crippen LogP contribution >= 0.6 is 11.3 Å². The van der Waals surface area contributed by atoms with E-state index in [9.17, 15) is 5.11 Å². The van der Waals surface area contributed by atoms with Gasteiger partial charge in [-0.2, -0.15) is 0 Å². The molecule has 0 saturated carbocycles. The van der Waals surface area contributed by atoms with Crippen molar-refractivity contribution in [3.8, 4) is 11.5 Å². The lowest BCUT2D eigenvalue weighted by atomic mass is 9.85. The van der Waals surface area contributed by atoms with Crippen molar-refractivity contribution in [3.63, 3.8) is 0 Å². The molecule has 2 atom stereocenters. The molecule has 4 rings (SSSR count). The number of hydrogen-bond acceptors (Lipinski definition) is 6. The number of methoxy groups -OCH3 is 2. The Bertz CT molecular complexity index is 923. The molecule has 1 aliphatic rings. The van der Waals surface area contributed by atoms with Gasteiger partial charge in [-0.05, 0) is 43.7 Å². The summed E-state index contributed by atoms with van der Waals surface area (Å²) in [5.74, 6) is 1.69. The number of hydrogen-bond donors (Lipinski definition) is 2. The molecule has 0 saturated heterocycles. The predicted molar refractivity (Wildman–Crippen MR) is 113 cm³/mol. The zero-order valence-electron chi connectivity index (χ0n) is 16.3. The summed E-state index contributed by atoms with van der Waals surface area (Å²) in [6.45, 7) is 0.846. The first-order chi connectivity index (χ1) is 13.7. The molecule has 0 aliphatic heterocycles. The second-order valence-electron chi connectivity index (χ2n) is 7.14. The second kappa shape index (κ2) is 8.47. The van der Waals surface area contributed by atoms with Crippen molar-refractivity contribution in [3.05, 3.63) is 52.5 Å². The number of benzene rings is 2. The van der Waals surface area contributed by atoms with Crippen LogP contribution in [0.15, 0.2) is 36.4 Å². The van der Waals surface area contributed by atoms with E-state index in [4.69, 9.17) is 14.5 Å². The van der Waals surface area contributed by atoms with Crippen molar-refractivity contribution < 1.29 is 14.6 Å². The van der Waals surface area contributed by atoms with Crippen molar-refractivity contribution >= 4 is 21.6 Å². The highest BCUT2D eigenvalue weighted by molar-refractivity contribution is 7.18. The van der Waals surface area contributed by atoms with Gasteiger partial charge >= 0.3 is 0 Å². The fourth-order valence-electron chi connectivity index (χ4n) is 3.95. The Kier molecular flexibility index (Phi) is 5.80. The molecule has 2 N–H and O–H groups in total. The van der Waals surface area contributed by atoms with Gasteiger partial charge in [0.25, 0.3) is 0 Å². The van der Waals surface area contributed by atoms with Crippen molar-refractivity contribution in [1.29, 1.82) is 0 Å². The summed E-state index contributed by atoms with van der Waals surface area (Å²) in [5.41, 5.74) is 3.27. The van der Waals surface area contributed by atoms with E-state index in [2.05, 4.69) is 23.5 Å². The number of rotatable bonds is 7. The van der Waals surface area contributed by atoms with E-state index in [1.54, 1.807) is 25.6 Å². The van der Waals surface area contributed by atoms with Crippen LogP contribution in [0.5, 0.6) is 11.5 Å². The zero-order chi connectivity index (χ0) is 19.5. The first-order valence-electron chi connectivity index (χ1n) is 9.68. The molecule has 3 aromatic rings. The Morgan fingerprint density at radius 2 is 1.79 bits per heavy atom. The highest BCUT2D eigenvalue weighted by Crippen LogP contribution is 2.36. The quantitative estimate of drug-likeness (QED) is 0.598. The summed E-state index contributed by atoms with van der Waals surface area (Å²) in [5, 5.41) is 15.3. The number of fused-ring (bicyclic) bond motifs is 2. The molecule has 0 radical (unpaired) electrons. The van der Waals surface area contributed by atoms with Gasteiger partial charge in [0.15, 0.2) is 0 Å². The molecule has 28 heavy (non-hydrogen) atoms. The number of nitrogens with zero attached hydrogens (tertiary/aromatic N) is 1. The molecule has 2 unspecified atom stereocenters. The van der Waals surface area contributed by atoms with E-state index in [1.807, 2.05) is 18.2 Å². The van der Waals surface area contributed by atoms with Crippen LogP contribution in [-0.2, 0) is 19.3 Å². The summed E-state index contributed by atoms with van der Waals surface area (Å²) >= 11 is 1.76. The van der Waals surface area contributed by atoms with Crippen molar-refractivity contribution in [1.82, 2.24) is 10.3 Å². The number of aryl methyl sites for hydroxylation is 1. The first kappa shape index (κ1) is 19.2. The molecule has 0 amide bonds. The summed E-state index contributed by atoms with van der Waals surface area (Å²) in [7, 11) is 3.36. The maximum Gasteiger partial charge on any atom is 0.122 e. The van der Waals surface area contributed by atoms with Crippen LogP contribution in [0.25, 0.3) is 10.2 Å². The van der Waals surface area contributed by atoms with Crippen LogP contribution in [0, 0.1) is 0 Å². The van der Waals surface area contributed by atoms with Gasteiger partial charge in [-0.25, -0.2) is 4.98 Å². The van der Waals surface area contributed by atoms with E-state index >= 15 is 0 Å².